The molecule has 0 aromatic carbocycles. The van der Waals surface area contributed by atoms with Crippen molar-refractivity contribution in [3.63, 3.8) is 0 Å². The second-order valence-electron chi connectivity index (χ2n) is 9.13. The number of H-pyrrole nitrogens is 2. The summed E-state index contributed by atoms with van der Waals surface area (Å²) in [6, 6.07) is 5.49. The molecule has 0 spiro atoms. The Hall–Kier alpha value is -3.22. The molecule has 3 aromatic heterocycles. The van der Waals surface area contributed by atoms with E-state index in [1.807, 2.05) is 44.6 Å². The van der Waals surface area contributed by atoms with E-state index >= 15 is 0 Å². The molecular weight excluding hydrogens is 402 g/mol. The maximum Gasteiger partial charge on any atom is 0.261 e. The van der Waals surface area contributed by atoms with Gasteiger partial charge in [0.05, 0.1) is 6.20 Å². The Balaban J connectivity index is 1.34. The zero-order valence-corrected chi connectivity index (χ0v) is 18.9. The molecule has 0 atom stereocenters. The normalized spacial score (nSPS) is 18.6. The number of rotatable bonds is 6. The summed E-state index contributed by atoms with van der Waals surface area (Å²) in [5.74, 6) is 0.761. The van der Waals surface area contributed by atoms with Gasteiger partial charge in [-0.3, -0.25) is 19.7 Å². The van der Waals surface area contributed by atoms with Crippen LogP contribution in [0.15, 0.2) is 41.6 Å². The van der Waals surface area contributed by atoms with Crippen molar-refractivity contribution >= 4 is 5.91 Å². The van der Waals surface area contributed by atoms with Crippen LogP contribution in [0.4, 0.5) is 0 Å². The average Bonchev–Trinajstić information content (AvgIpc) is 3.27. The lowest BCUT2D eigenvalue weighted by Gasteiger charge is -2.28. The first kappa shape index (κ1) is 22.0. The van der Waals surface area contributed by atoms with E-state index in [0.29, 0.717) is 18.4 Å². The second kappa shape index (κ2) is 9.51. The van der Waals surface area contributed by atoms with Crippen molar-refractivity contribution in [1.82, 2.24) is 25.5 Å². The molecule has 0 aliphatic heterocycles. The highest BCUT2D eigenvalue weighted by Crippen LogP contribution is 2.39. The van der Waals surface area contributed by atoms with Crippen molar-refractivity contribution in [1.29, 1.82) is 0 Å². The first-order chi connectivity index (χ1) is 15.4. The van der Waals surface area contributed by atoms with Gasteiger partial charge in [0.15, 0.2) is 0 Å². The number of pyridine rings is 2. The van der Waals surface area contributed by atoms with E-state index in [-0.39, 0.29) is 22.9 Å². The van der Waals surface area contributed by atoms with E-state index in [2.05, 4.69) is 32.4 Å². The van der Waals surface area contributed by atoms with E-state index < -0.39 is 0 Å². The van der Waals surface area contributed by atoms with Crippen LogP contribution in [0.1, 0.15) is 78.7 Å². The van der Waals surface area contributed by atoms with Crippen LogP contribution in [-0.4, -0.2) is 32.6 Å². The molecule has 4 rings (SSSR count). The molecule has 0 bridgehead atoms. The number of aromatic amines is 2. The largest absolute Gasteiger partial charge is 0.352 e. The molecule has 3 aromatic rings. The van der Waals surface area contributed by atoms with Gasteiger partial charge in [-0.25, -0.2) is 0 Å². The van der Waals surface area contributed by atoms with Gasteiger partial charge in [0, 0.05) is 41.8 Å². The molecule has 0 saturated heterocycles. The van der Waals surface area contributed by atoms with Gasteiger partial charge in [-0.05, 0) is 73.8 Å². The number of amides is 1. The van der Waals surface area contributed by atoms with Crippen LogP contribution in [-0.2, 0) is 0 Å². The number of nitrogens with zero attached hydrogens (tertiary/aromatic N) is 2. The Morgan fingerprint density at radius 2 is 1.91 bits per heavy atom. The second-order valence-corrected chi connectivity index (χ2v) is 9.13. The third kappa shape index (κ3) is 4.66. The summed E-state index contributed by atoms with van der Waals surface area (Å²) >= 11 is 0. The smallest absolute Gasteiger partial charge is 0.261 e. The maximum atomic E-state index is 12.5. The van der Waals surface area contributed by atoms with Gasteiger partial charge < -0.3 is 10.3 Å². The van der Waals surface area contributed by atoms with Crippen molar-refractivity contribution in [3.8, 4) is 11.1 Å². The molecule has 0 radical (unpaired) electrons. The molecule has 3 N–H and O–H groups in total. The minimum atomic E-state index is -0.324. The van der Waals surface area contributed by atoms with Crippen molar-refractivity contribution in [2.75, 3.05) is 6.54 Å². The zero-order chi connectivity index (χ0) is 22.7. The fraction of sp³-hybridized carbons (Fsp3) is 0.440. The molecule has 32 heavy (non-hydrogen) atoms. The monoisotopic (exact) mass is 433 g/mol. The first-order valence-corrected chi connectivity index (χ1v) is 11.4. The topological polar surface area (TPSA) is 104 Å². The number of hydrogen-bond acceptors (Lipinski definition) is 4. The molecule has 1 aliphatic carbocycles. The van der Waals surface area contributed by atoms with Gasteiger partial charge in [0.2, 0.25) is 0 Å². The molecule has 1 saturated carbocycles. The minimum Gasteiger partial charge on any atom is -0.352 e. The van der Waals surface area contributed by atoms with Crippen LogP contribution in [0.5, 0.6) is 0 Å². The molecule has 1 aliphatic rings. The van der Waals surface area contributed by atoms with Gasteiger partial charge in [-0.1, -0.05) is 13.8 Å². The predicted octanol–water partition coefficient (Wildman–Crippen LogP) is 4.30. The summed E-state index contributed by atoms with van der Waals surface area (Å²) in [6.07, 6.45) is 9.76. The third-order valence-corrected chi connectivity index (χ3v) is 6.58. The summed E-state index contributed by atoms with van der Waals surface area (Å²) < 4.78 is 0. The molecule has 0 unspecified atom stereocenters. The molecule has 7 heteroatoms. The molecule has 7 nitrogen and oxygen atoms in total. The Labute approximate surface area is 188 Å². The molecule has 168 valence electrons. The molecular formula is C25H31N5O2. The average molecular weight is 434 g/mol. The summed E-state index contributed by atoms with van der Waals surface area (Å²) in [7, 11) is 0. The lowest BCUT2D eigenvalue weighted by atomic mass is 9.79. The van der Waals surface area contributed by atoms with Crippen molar-refractivity contribution in [3.05, 3.63) is 69.7 Å². The quantitative estimate of drug-likeness (QED) is 0.539. The summed E-state index contributed by atoms with van der Waals surface area (Å²) in [6.45, 7) is 6.67. The Morgan fingerprint density at radius 1 is 1.12 bits per heavy atom. The predicted molar refractivity (Wildman–Crippen MR) is 125 cm³/mol. The van der Waals surface area contributed by atoms with Gasteiger partial charge in [-0.15, -0.1) is 0 Å². The molecule has 1 fully saturated rings. The maximum absolute atomic E-state index is 12.5. The Kier molecular flexibility index (Phi) is 6.53. The number of aromatic nitrogens is 4. The standard InChI is InChI=1S/C25H31N5O2/c1-15(2)22-9-8-20(25(32)29-22)24(31)27-13-17-4-6-18(7-5-17)23-21(14-28-30-23)19-10-11-26-12-16(19)3/h8-12,14-15,17-18H,4-7,13H2,1-3H3,(H,27,31)(H,28,30)(H,29,32). The van der Waals surface area contributed by atoms with Gasteiger partial charge in [-0.2, -0.15) is 5.10 Å². The van der Waals surface area contributed by atoms with Crippen molar-refractivity contribution in [2.45, 2.75) is 58.3 Å². The number of aryl methyl sites for hydroxylation is 1. The van der Waals surface area contributed by atoms with Gasteiger partial charge >= 0.3 is 0 Å². The summed E-state index contributed by atoms with van der Waals surface area (Å²) in [5.41, 5.74) is 5.36. The van der Waals surface area contributed by atoms with E-state index in [1.165, 1.54) is 11.3 Å². The van der Waals surface area contributed by atoms with Crippen LogP contribution in [0.25, 0.3) is 11.1 Å². The Morgan fingerprint density at radius 3 is 2.59 bits per heavy atom. The highest BCUT2D eigenvalue weighted by atomic mass is 16.2. The van der Waals surface area contributed by atoms with Crippen LogP contribution < -0.4 is 10.9 Å². The highest BCUT2D eigenvalue weighted by Gasteiger charge is 2.26. The van der Waals surface area contributed by atoms with Crippen molar-refractivity contribution in [2.24, 2.45) is 5.92 Å². The zero-order valence-electron chi connectivity index (χ0n) is 18.9. The van der Waals surface area contributed by atoms with E-state index in [9.17, 15) is 9.59 Å². The number of carbonyl (C=O) groups excluding carboxylic acids is 1. The number of nitrogens with one attached hydrogen (secondary N) is 3. The minimum absolute atomic E-state index is 0.179. The van der Waals surface area contributed by atoms with E-state index in [1.54, 1.807) is 6.07 Å². The fourth-order valence-corrected chi connectivity index (χ4v) is 4.59. The highest BCUT2D eigenvalue weighted by molar-refractivity contribution is 5.93. The lowest BCUT2D eigenvalue weighted by molar-refractivity contribution is 0.0941. The van der Waals surface area contributed by atoms with Crippen LogP contribution >= 0.6 is 0 Å². The van der Waals surface area contributed by atoms with Crippen LogP contribution in [0.2, 0.25) is 0 Å². The van der Waals surface area contributed by atoms with Gasteiger partial charge in [0.25, 0.3) is 11.5 Å². The van der Waals surface area contributed by atoms with E-state index in [4.69, 9.17) is 0 Å². The summed E-state index contributed by atoms with van der Waals surface area (Å²) in [5, 5.41) is 10.5. The third-order valence-electron chi connectivity index (χ3n) is 6.58. The lowest BCUT2D eigenvalue weighted by Crippen LogP contribution is -2.34. The Bertz CT molecular complexity index is 1140. The van der Waals surface area contributed by atoms with Crippen molar-refractivity contribution < 1.29 is 4.79 Å². The fourth-order valence-electron chi connectivity index (χ4n) is 4.59. The van der Waals surface area contributed by atoms with Crippen LogP contribution in [0.3, 0.4) is 0 Å². The van der Waals surface area contributed by atoms with E-state index in [0.717, 1.165) is 42.5 Å². The number of hydrogen-bond donors (Lipinski definition) is 3. The SMILES string of the molecule is Cc1cnccc1-c1cn[nH]c1C1CCC(CNC(=O)c2ccc(C(C)C)[nH]c2=O)CC1. The van der Waals surface area contributed by atoms with Gasteiger partial charge in [0.1, 0.15) is 5.56 Å². The van der Waals surface area contributed by atoms with Crippen LogP contribution in [0, 0.1) is 12.8 Å². The number of carbonyl (C=O) groups is 1. The first-order valence-electron chi connectivity index (χ1n) is 11.4. The molecule has 3 heterocycles. The summed E-state index contributed by atoms with van der Waals surface area (Å²) in [4.78, 5) is 31.8. The molecule has 1 amide bonds.